The van der Waals surface area contributed by atoms with Gasteiger partial charge in [0.25, 0.3) is 5.91 Å². The molecule has 3 heterocycles. The Morgan fingerprint density at radius 3 is 2.30 bits per heavy atom. The number of methoxy groups -OCH3 is 1. The molecule has 8 nitrogen and oxygen atoms in total. The molecule has 5 rings (SSSR count). The second-order valence-electron chi connectivity index (χ2n) is 10.00. The van der Waals surface area contributed by atoms with Crippen LogP contribution in [0, 0.1) is 11.8 Å². The van der Waals surface area contributed by atoms with E-state index in [0.29, 0.717) is 67.4 Å². The third-order valence-electron chi connectivity index (χ3n) is 7.07. The van der Waals surface area contributed by atoms with Crippen molar-refractivity contribution in [2.24, 2.45) is 11.8 Å². The van der Waals surface area contributed by atoms with E-state index in [-0.39, 0.29) is 10.8 Å². The van der Waals surface area contributed by atoms with Gasteiger partial charge in [-0.2, -0.15) is 4.31 Å². The SMILES string of the molecule is COc1c(Cl)ccc2sc(N3CCN(C(=O)c4ccc(S(=O)(=O)N5CC(C)CC(C)C5)cc4)CC3)nc12. The second-order valence-corrected chi connectivity index (χ2v) is 13.3. The highest BCUT2D eigenvalue weighted by Crippen LogP contribution is 2.38. The number of amides is 1. The average molecular weight is 563 g/mol. The number of piperazine rings is 1. The molecule has 198 valence electrons. The van der Waals surface area contributed by atoms with Gasteiger partial charge in [-0.15, -0.1) is 0 Å². The van der Waals surface area contributed by atoms with E-state index in [2.05, 4.69) is 18.7 Å². The molecule has 0 radical (unpaired) electrons. The van der Waals surface area contributed by atoms with Crippen molar-refractivity contribution in [1.82, 2.24) is 14.2 Å². The Morgan fingerprint density at radius 1 is 1.03 bits per heavy atom. The van der Waals surface area contributed by atoms with Gasteiger partial charge in [0.1, 0.15) is 5.52 Å². The minimum absolute atomic E-state index is 0.0958. The lowest BCUT2D eigenvalue weighted by atomic mass is 9.94. The Balaban J connectivity index is 1.24. The molecule has 2 atom stereocenters. The van der Waals surface area contributed by atoms with Crippen LogP contribution in [0.2, 0.25) is 5.02 Å². The molecular formula is C26H31ClN4O4S2. The molecule has 37 heavy (non-hydrogen) atoms. The first-order valence-corrected chi connectivity index (χ1v) is 15.1. The normalized spacial score (nSPS) is 21.4. The summed E-state index contributed by atoms with van der Waals surface area (Å²) in [5, 5.41) is 1.40. The molecule has 0 aliphatic carbocycles. The summed E-state index contributed by atoms with van der Waals surface area (Å²) in [5.41, 5.74) is 1.24. The molecule has 2 fully saturated rings. The standard InChI is InChI=1S/C26H31ClN4O4S2/c1-17-14-18(2)16-31(15-17)37(33,34)20-6-4-19(5-7-20)25(32)29-10-12-30(13-11-29)26-28-23-22(36-26)9-8-21(27)24(23)35-3/h4-9,17-18H,10-16H2,1-3H3. The van der Waals surface area contributed by atoms with Gasteiger partial charge < -0.3 is 14.5 Å². The van der Waals surface area contributed by atoms with Crippen LogP contribution < -0.4 is 9.64 Å². The molecule has 2 aliphatic rings. The Hall–Kier alpha value is -2.40. The van der Waals surface area contributed by atoms with Gasteiger partial charge in [0.05, 0.1) is 21.7 Å². The Bertz CT molecular complexity index is 1390. The van der Waals surface area contributed by atoms with Crippen LogP contribution in [0.1, 0.15) is 30.6 Å². The van der Waals surface area contributed by atoms with Crippen LogP contribution in [0.25, 0.3) is 10.2 Å². The van der Waals surface area contributed by atoms with E-state index < -0.39 is 10.0 Å². The number of benzene rings is 2. The molecule has 1 amide bonds. The van der Waals surface area contributed by atoms with Gasteiger partial charge in [-0.3, -0.25) is 4.79 Å². The maximum atomic E-state index is 13.2. The van der Waals surface area contributed by atoms with Gasteiger partial charge in [-0.1, -0.05) is 36.8 Å². The summed E-state index contributed by atoms with van der Waals surface area (Å²) in [6, 6.07) is 10.1. The molecular weight excluding hydrogens is 532 g/mol. The zero-order valence-corrected chi connectivity index (χ0v) is 23.6. The first kappa shape index (κ1) is 26.2. The predicted octanol–water partition coefficient (Wildman–Crippen LogP) is 4.59. The number of piperidine rings is 1. The van der Waals surface area contributed by atoms with Crippen LogP contribution >= 0.6 is 22.9 Å². The molecule has 2 aromatic carbocycles. The third-order valence-corrected chi connectivity index (χ3v) is 10.3. The number of rotatable bonds is 5. The first-order valence-electron chi connectivity index (χ1n) is 12.4. The summed E-state index contributed by atoms with van der Waals surface area (Å²) in [6.07, 6.45) is 1.04. The number of thiazole rings is 1. The molecule has 0 saturated carbocycles. The number of hydrogen-bond acceptors (Lipinski definition) is 7. The van der Waals surface area contributed by atoms with E-state index in [1.165, 1.54) is 0 Å². The minimum Gasteiger partial charge on any atom is -0.493 e. The van der Waals surface area contributed by atoms with E-state index in [1.54, 1.807) is 51.9 Å². The fourth-order valence-corrected chi connectivity index (χ4v) is 8.19. The van der Waals surface area contributed by atoms with E-state index in [0.717, 1.165) is 21.8 Å². The fraction of sp³-hybridized carbons (Fsp3) is 0.462. The van der Waals surface area contributed by atoms with E-state index in [9.17, 15) is 13.2 Å². The van der Waals surface area contributed by atoms with Gasteiger partial charge in [0.2, 0.25) is 10.0 Å². The van der Waals surface area contributed by atoms with Crippen molar-refractivity contribution in [3.8, 4) is 5.75 Å². The van der Waals surface area contributed by atoms with Gasteiger partial charge in [-0.25, -0.2) is 13.4 Å². The molecule has 0 spiro atoms. The zero-order valence-electron chi connectivity index (χ0n) is 21.2. The predicted molar refractivity (Wildman–Crippen MR) is 147 cm³/mol. The summed E-state index contributed by atoms with van der Waals surface area (Å²) < 4.78 is 34.3. The number of nitrogens with zero attached hydrogens (tertiary/aromatic N) is 4. The average Bonchev–Trinajstić information content (AvgIpc) is 3.32. The van der Waals surface area contributed by atoms with Crippen molar-refractivity contribution in [2.75, 3.05) is 51.3 Å². The summed E-state index contributed by atoms with van der Waals surface area (Å²) in [5.74, 6) is 1.15. The van der Waals surface area contributed by atoms with Gasteiger partial charge in [-0.05, 0) is 54.7 Å². The number of halogens is 1. The summed E-state index contributed by atoms with van der Waals surface area (Å²) in [7, 11) is -1.99. The number of anilines is 1. The van der Waals surface area contributed by atoms with Crippen LogP contribution in [0.5, 0.6) is 5.75 Å². The molecule has 1 aromatic heterocycles. The number of fused-ring (bicyclic) bond motifs is 1. The summed E-state index contributed by atoms with van der Waals surface area (Å²) in [6.45, 7) is 7.65. The van der Waals surface area contributed by atoms with Crippen molar-refractivity contribution in [3.05, 3.63) is 47.0 Å². The van der Waals surface area contributed by atoms with Crippen molar-refractivity contribution in [1.29, 1.82) is 0 Å². The maximum Gasteiger partial charge on any atom is 0.253 e. The van der Waals surface area contributed by atoms with Crippen molar-refractivity contribution >= 4 is 54.2 Å². The van der Waals surface area contributed by atoms with Crippen molar-refractivity contribution in [2.45, 2.75) is 25.2 Å². The number of carbonyl (C=O) groups excluding carboxylic acids is 1. The monoisotopic (exact) mass is 562 g/mol. The van der Waals surface area contributed by atoms with Crippen molar-refractivity contribution in [3.63, 3.8) is 0 Å². The molecule has 2 unspecified atom stereocenters. The van der Waals surface area contributed by atoms with Crippen molar-refractivity contribution < 1.29 is 17.9 Å². The maximum absolute atomic E-state index is 13.2. The molecule has 2 aliphatic heterocycles. The highest BCUT2D eigenvalue weighted by atomic mass is 35.5. The summed E-state index contributed by atoms with van der Waals surface area (Å²) in [4.78, 5) is 22.1. The Morgan fingerprint density at radius 2 is 1.68 bits per heavy atom. The van der Waals surface area contributed by atoms with E-state index in [4.69, 9.17) is 21.3 Å². The van der Waals surface area contributed by atoms with Crippen LogP contribution in [-0.2, 0) is 10.0 Å². The quantitative estimate of drug-likeness (QED) is 0.452. The highest BCUT2D eigenvalue weighted by Gasteiger charge is 2.32. The van der Waals surface area contributed by atoms with Gasteiger partial charge >= 0.3 is 0 Å². The summed E-state index contributed by atoms with van der Waals surface area (Å²) >= 11 is 7.82. The molecule has 0 N–H and O–H groups in total. The fourth-order valence-electron chi connectivity index (χ4n) is 5.27. The van der Waals surface area contributed by atoms with E-state index >= 15 is 0 Å². The molecule has 2 saturated heterocycles. The number of aromatic nitrogens is 1. The lowest BCUT2D eigenvalue weighted by Gasteiger charge is -2.35. The third kappa shape index (κ3) is 5.16. The number of ether oxygens (including phenoxy) is 1. The minimum atomic E-state index is -3.57. The zero-order chi connectivity index (χ0) is 26.3. The largest absolute Gasteiger partial charge is 0.493 e. The smallest absolute Gasteiger partial charge is 0.253 e. The second kappa shape index (κ2) is 10.4. The highest BCUT2D eigenvalue weighted by molar-refractivity contribution is 7.89. The Labute approximate surface area is 226 Å². The van der Waals surface area contributed by atoms with Crippen LogP contribution in [0.15, 0.2) is 41.3 Å². The number of sulfonamides is 1. The lowest BCUT2D eigenvalue weighted by molar-refractivity contribution is 0.0746. The van der Waals surface area contributed by atoms with Crippen LogP contribution in [-0.4, -0.2) is 74.9 Å². The van der Waals surface area contributed by atoms with Crippen LogP contribution in [0.4, 0.5) is 5.13 Å². The van der Waals surface area contributed by atoms with Gasteiger partial charge in [0, 0.05) is 44.8 Å². The lowest BCUT2D eigenvalue weighted by Crippen LogP contribution is -2.48. The number of carbonyl (C=O) groups is 1. The number of hydrogen-bond donors (Lipinski definition) is 0. The van der Waals surface area contributed by atoms with Crippen LogP contribution in [0.3, 0.4) is 0 Å². The first-order chi connectivity index (χ1) is 17.7. The topological polar surface area (TPSA) is 83.0 Å². The molecule has 11 heteroatoms. The molecule has 0 bridgehead atoms. The molecule has 3 aromatic rings. The van der Waals surface area contributed by atoms with E-state index in [1.807, 2.05) is 12.1 Å². The Kier molecular flexibility index (Phi) is 7.37. The van der Waals surface area contributed by atoms with Gasteiger partial charge in [0.15, 0.2) is 10.9 Å².